The molecule has 0 aliphatic rings. The summed E-state index contributed by atoms with van der Waals surface area (Å²) in [6.45, 7) is 3.17. The number of nitrogens with one attached hydrogen (secondary N) is 1. The summed E-state index contributed by atoms with van der Waals surface area (Å²) >= 11 is 3.38. The van der Waals surface area contributed by atoms with E-state index in [9.17, 15) is 4.39 Å². The number of thioether (sulfide) groups is 1. The zero-order valence-corrected chi connectivity index (χ0v) is 13.3. The maximum atomic E-state index is 13.6. The SMILES string of the molecule is CCCNC(CSc1ccccc1F)Cc1cccs1. The Labute approximate surface area is 128 Å². The molecule has 0 saturated carbocycles. The number of rotatable bonds is 8. The van der Waals surface area contributed by atoms with E-state index in [0.717, 1.165) is 30.0 Å². The van der Waals surface area contributed by atoms with Crippen LogP contribution in [-0.2, 0) is 6.42 Å². The van der Waals surface area contributed by atoms with E-state index in [-0.39, 0.29) is 5.82 Å². The second kappa shape index (κ2) is 8.45. The van der Waals surface area contributed by atoms with E-state index >= 15 is 0 Å². The molecule has 1 N–H and O–H groups in total. The van der Waals surface area contributed by atoms with Gasteiger partial charge in [0.25, 0.3) is 0 Å². The van der Waals surface area contributed by atoms with Gasteiger partial charge >= 0.3 is 0 Å². The van der Waals surface area contributed by atoms with Gasteiger partial charge in [-0.05, 0) is 43.0 Å². The third-order valence-electron chi connectivity index (χ3n) is 2.99. The second-order valence-electron chi connectivity index (χ2n) is 4.68. The van der Waals surface area contributed by atoms with Gasteiger partial charge in [0.15, 0.2) is 0 Å². The zero-order valence-electron chi connectivity index (χ0n) is 11.6. The van der Waals surface area contributed by atoms with E-state index in [1.165, 1.54) is 10.9 Å². The summed E-state index contributed by atoms with van der Waals surface area (Å²) in [5.74, 6) is 0.765. The average Bonchev–Trinajstić information content (AvgIpc) is 2.96. The minimum absolute atomic E-state index is 0.122. The summed E-state index contributed by atoms with van der Waals surface area (Å²) in [6.07, 6.45) is 2.13. The topological polar surface area (TPSA) is 12.0 Å². The third kappa shape index (κ3) is 4.93. The van der Waals surface area contributed by atoms with Crippen molar-refractivity contribution in [2.75, 3.05) is 12.3 Å². The van der Waals surface area contributed by atoms with Crippen molar-refractivity contribution in [2.45, 2.75) is 30.7 Å². The molecular formula is C16H20FNS2. The molecule has 0 bridgehead atoms. The van der Waals surface area contributed by atoms with Crippen LogP contribution in [0.3, 0.4) is 0 Å². The first kappa shape index (κ1) is 15.5. The van der Waals surface area contributed by atoms with Gasteiger partial charge < -0.3 is 5.32 Å². The quantitative estimate of drug-likeness (QED) is 0.716. The van der Waals surface area contributed by atoms with Gasteiger partial charge in [0, 0.05) is 21.6 Å². The first-order chi connectivity index (χ1) is 9.79. The van der Waals surface area contributed by atoms with Crippen LogP contribution >= 0.6 is 23.1 Å². The maximum Gasteiger partial charge on any atom is 0.136 e. The highest BCUT2D eigenvalue weighted by Gasteiger charge is 2.11. The molecule has 0 amide bonds. The van der Waals surface area contributed by atoms with Gasteiger partial charge in [0.05, 0.1) is 0 Å². The lowest BCUT2D eigenvalue weighted by Crippen LogP contribution is -2.33. The number of benzene rings is 1. The van der Waals surface area contributed by atoms with Crippen LogP contribution < -0.4 is 5.32 Å². The van der Waals surface area contributed by atoms with Gasteiger partial charge in [-0.2, -0.15) is 0 Å². The molecule has 0 fully saturated rings. The number of hydrogen-bond acceptors (Lipinski definition) is 3. The Bertz CT molecular complexity index is 499. The van der Waals surface area contributed by atoms with Gasteiger partial charge in [-0.3, -0.25) is 0 Å². The van der Waals surface area contributed by atoms with Crippen molar-refractivity contribution in [3.63, 3.8) is 0 Å². The van der Waals surface area contributed by atoms with Crippen molar-refractivity contribution in [3.8, 4) is 0 Å². The summed E-state index contributed by atoms with van der Waals surface area (Å²) in [6, 6.07) is 11.6. The number of halogens is 1. The molecular weight excluding hydrogens is 289 g/mol. The van der Waals surface area contributed by atoms with Crippen LogP contribution in [0.2, 0.25) is 0 Å². The standard InChI is InChI=1S/C16H20FNS2/c1-2-9-18-13(11-14-6-5-10-19-14)12-20-16-8-4-3-7-15(16)17/h3-8,10,13,18H,2,9,11-12H2,1H3. The fourth-order valence-corrected chi connectivity index (χ4v) is 3.75. The van der Waals surface area contributed by atoms with E-state index in [2.05, 4.69) is 29.8 Å². The molecule has 1 unspecified atom stereocenters. The van der Waals surface area contributed by atoms with Crippen LogP contribution in [0.1, 0.15) is 18.2 Å². The Morgan fingerprint density at radius 3 is 2.80 bits per heavy atom. The van der Waals surface area contributed by atoms with Crippen molar-refractivity contribution in [1.29, 1.82) is 0 Å². The first-order valence-corrected chi connectivity index (χ1v) is 8.79. The van der Waals surface area contributed by atoms with E-state index in [0.29, 0.717) is 6.04 Å². The van der Waals surface area contributed by atoms with Gasteiger partial charge in [0.2, 0.25) is 0 Å². The van der Waals surface area contributed by atoms with Crippen molar-refractivity contribution in [2.24, 2.45) is 0 Å². The van der Waals surface area contributed by atoms with Crippen molar-refractivity contribution >= 4 is 23.1 Å². The molecule has 0 spiro atoms. The minimum Gasteiger partial charge on any atom is -0.313 e. The van der Waals surface area contributed by atoms with Crippen molar-refractivity contribution in [1.82, 2.24) is 5.32 Å². The normalized spacial score (nSPS) is 12.5. The van der Waals surface area contributed by atoms with Crippen LogP contribution in [0.15, 0.2) is 46.7 Å². The number of thiophene rings is 1. The van der Waals surface area contributed by atoms with Gasteiger partial charge in [-0.15, -0.1) is 23.1 Å². The molecule has 108 valence electrons. The lowest BCUT2D eigenvalue weighted by molar-refractivity contribution is 0.552. The molecule has 1 heterocycles. The third-order valence-corrected chi connectivity index (χ3v) is 5.10. The van der Waals surface area contributed by atoms with Crippen LogP contribution in [0, 0.1) is 5.82 Å². The summed E-state index contributed by atoms with van der Waals surface area (Å²) in [5.41, 5.74) is 0. The molecule has 1 nitrogen and oxygen atoms in total. The Hall–Kier alpha value is -0.840. The highest BCUT2D eigenvalue weighted by atomic mass is 32.2. The highest BCUT2D eigenvalue weighted by molar-refractivity contribution is 7.99. The van der Waals surface area contributed by atoms with E-state index in [1.807, 2.05) is 12.1 Å². The fraction of sp³-hybridized carbons (Fsp3) is 0.375. The van der Waals surface area contributed by atoms with E-state index in [1.54, 1.807) is 29.2 Å². The van der Waals surface area contributed by atoms with Gasteiger partial charge in [-0.25, -0.2) is 4.39 Å². The highest BCUT2D eigenvalue weighted by Crippen LogP contribution is 2.23. The molecule has 0 aliphatic heterocycles. The van der Waals surface area contributed by atoms with Crippen LogP contribution in [0.4, 0.5) is 4.39 Å². The molecule has 2 aromatic rings. The Morgan fingerprint density at radius 2 is 2.10 bits per heavy atom. The molecule has 20 heavy (non-hydrogen) atoms. The van der Waals surface area contributed by atoms with Gasteiger partial charge in [0.1, 0.15) is 5.82 Å². The smallest absolute Gasteiger partial charge is 0.136 e. The predicted octanol–water partition coefficient (Wildman–Crippen LogP) is 4.59. The maximum absolute atomic E-state index is 13.6. The lowest BCUT2D eigenvalue weighted by Gasteiger charge is -2.17. The number of hydrogen-bond donors (Lipinski definition) is 1. The average molecular weight is 309 g/mol. The van der Waals surface area contributed by atoms with Crippen LogP contribution in [0.25, 0.3) is 0 Å². The predicted molar refractivity (Wildman–Crippen MR) is 87.2 cm³/mol. The monoisotopic (exact) mass is 309 g/mol. The summed E-state index contributed by atoms with van der Waals surface area (Å²) in [5, 5.41) is 5.67. The lowest BCUT2D eigenvalue weighted by atomic mass is 10.2. The fourth-order valence-electron chi connectivity index (χ4n) is 1.96. The molecule has 1 aromatic carbocycles. The molecule has 0 radical (unpaired) electrons. The molecule has 0 aliphatic carbocycles. The summed E-state index contributed by atoms with van der Waals surface area (Å²) in [4.78, 5) is 2.12. The van der Waals surface area contributed by atoms with Gasteiger partial charge in [-0.1, -0.05) is 25.1 Å². The van der Waals surface area contributed by atoms with Crippen LogP contribution in [-0.4, -0.2) is 18.3 Å². The Kier molecular flexibility index (Phi) is 6.57. The first-order valence-electron chi connectivity index (χ1n) is 6.92. The molecule has 0 saturated heterocycles. The van der Waals surface area contributed by atoms with Crippen molar-refractivity contribution < 1.29 is 4.39 Å². The zero-order chi connectivity index (χ0) is 14.2. The molecule has 2 rings (SSSR count). The molecule has 4 heteroatoms. The van der Waals surface area contributed by atoms with E-state index < -0.39 is 0 Å². The summed E-state index contributed by atoms with van der Waals surface area (Å²) < 4.78 is 13.6. The Balaban J connectivity index is 1.91. The minimum atomic E-state index is -0.122. The van der Waals surface area contributed by atoms with Crippen molar-refractivity contribution in [3.05, 3.63) is 52.5 Å². The summed E-state index contributed by atoms with van der Waals surface area (Å²) in [7, 11) is 0. The molecule has 1 atom stereocenters. The van der Waals surface area contributed by atoms with E-state index in [4.69, 9.17) is 0 Å². The van der Waals surface area contributed by atoms with Crippen LogP contribution in [0.5, 0.6) is 0 Å². The second-order valence-corrected chi connectivity index (χ2v) is 6.77. The largest absolute Gasteiger partial charge is 0.313 e. The molecule has 1 aromatic heterocycles. The Morgan fingerprint density at radius 1 is 1.25 bits per heavy atom.